The largest absolute Gasteiger partial charge is 0.354 e. The van der Waals surface area contributed by atoms with Crippen molar-refractivity contribution in [1.82, 2.24) is 19.9 Å². The number of likely N-dealkylation sites (tertiary alicyclic amines) is 1. The lowest BCUT2D eigenvalue weighted by Gasteiger charge is -2.42. The number of H-pyrrole nitrogens is 1. The van der Waals surface area contributed by atoms with Gasteiger partial charge in [0.1, 0.15) is 23.5 Å². The van der Waals surface area contributed by atoms with Gasteiger partial charge in [-0.15, -0.1) is 0 Å². The van der Waals surface area contributed by atoms with Gasteiger partial charge in [0.15, 0.2) is 9.84 Å². The van der Waals surface area contributed by atoms with Crippen molar-refractivity contribution in [3.05, 3.63) is 18.6 Å². The Morgan fingerprint density at radius 3 is 2.92 bits per heavy atom. The van der Waals surface area contributed by atoms with Gasteiger partial charge in [-0.2, -0.15) is 0 Å². The number of rotatable bonds is 4. The summed E-state index contributed by atoms with van der Waals surface area (Å²) < 4.78 is 22.8. The van der Waals surface area contributed by atoms with E-state index < -0.39 is 15.6 Å². The van der Waals surface area contributed by atoms with Gasteiger partial charge in [-0.25, -0.2) is 18.4 Å². The van der Waals surface area contributed by atoms with Crippen LogP contribution >= 0.6 is 0 Å². The fraction of sp³-hybridized carbons (Fsp3) is 0.562. The topological polar surface area (TPSA) is 99.3 Å². The standard InChI is InChI=1S/C16H23N5O3S/c1-11-5-7-21(14(22)9-25(3,23)24)8-13(11)20(2)16-12-4-6-17-15(12)18-10-19-16/h4,6,10-11,13H,5,7-9H2,1-3H3,(H,17,18,19)/t11-,13+/m1/s1. The Morgan fingerprint density at radius 1 is 1.44 bits per heavy atom. The number of hydrogen-bond acceptors (Lipinski definition) is 6. The van der Waals surface area contributed by atoms with Crippen molar-refractivity contribution in [2.24, 2.45) is 5.92 Å². The molecule has 1 N–H and O–H groups in total. The SMILES string of the molecule is C[C@@H]1CCN(C(=O)CS(C)(=O)=O)C[C@@H]1N(C)c1ncnc2[nH]ccc12. The second-order valence-electron chi connectivity index (χ2n) is 6.79. The third-order valence-corrected chi connectivity index (χ3v) is 5.59. The molecule has 9 heteroatoms. The number of likely N-dealkylation sites (N-methyl/N-ethyl adjacent to an activating group) is 1. The van der Waals surface area contributed by atoms with E-state index in [9.17, 15) is 13.2 Å². The predicted octanol–water partition coefficient (Wildman–Crippen LogP) is 0.676. The summed E-state index contributed by atoms with van der Waals surface area (Å²) in [6.45, 7) is 3.22. The average Bonchev–Trinajstić information content (AvgIpc) is 3.01. The van der Waals surface area contributed by atoms with E-state index >= 15 is 0 Å². The number of hydrogen-bond donors (Lipinski definition) is 1. The molecule has 0 aliphatic carbocycles. The number of amides is 1. The molecular weight excluding hydrogens is 342 g/mol. The van der Waals surface area contributed by atoms with E-state index in [0.29, 0.717) is 19.0 Å². The van der Waals surface area contributed by atoms with Gasteiger partial charge in [0.2, 0.25) is 5.91 Å². The van der Waals surface area contributed by atoms with Crippen LogP contribution in [0.15, 0.2) is 18.6 Å². The Labute approximate surface area is 147 Å². The molecule has 2 atom stereocenters. The minimum atomic E-state index is -3.33. The number of aromatic nitrogens is 3. The molecule has 0 bridgehead atoms. The van der Waals surface area contributed by atoms with Crippen LogP contribution in [0.1, 0.15) is 13.3 Å². The number of anilines is 1. The van der Waals surface area contributed by atoms with Crippen LogP contribution in [0.25, 0.3) is 11.0 Å². The summed E-state index contributed by atoms with van der Waals surface area (Å²) in [6, 6.07) is 1.99. The molecule has 1 fully saturated rings. The zero-order valence-corrected chi connectivity index (χ0v) is 15.5. The highest BCUT2D eigenvalue weighted by Crippen LogP contribution is 2.28. The van der Waals surface area contributed by atoms with Crippen LogP contribution in [0.4, 0.5) is 5.82 Å². The number of aromatic amines is 1. The fourth-order valence-electron chi connectivity index (χ4n) is 3.39. The number of piperidine rings is 1. The molecule has 1 aliphatic heterocycles. The summed E-state index contributed by atoms with van der Waals surface area (Å²) in [5, 5.41) is 0.928. The molecule has 0 aromatic carbocycles. The summed E-state index contributed by atoms with van der Waals surface area (Å²) in [5.74, 6) is 0.395. The van der Waals surface area contributed by atoms with Crippen LogP contribution < -0.4 is 4.90 Å². The Kier molecular flexibility index (Phi) is 4.68. The molecule has 8 nitrogen and oxygen atoms in total. The van der Waals surface area contributed by atoms with E-state index in [4.69, 9.17) is 0 Å². The van der Waals surface area contributed by atoms with Crippen LogP contribution in [0.3, 0.4) is 0 Å². The highest BCUT2D eigenvalue weighted by atomic mass is 32.2. The fourth-order valence-corrected chi connectivity index (χ4v) is 4.02. The van der Waals surface area contributed by atoms with E-state index in [1.807, 2.05) is 19.3 Å². The van der Waals surface area contributed by atoms with E-state index in [2.05, 4.69) is 26.8 Å². The zero-order valence-electron chi connectivity index (χ0n) is 14.6. The second-order valence-corrected chi connectivity index (χ2v) is 8.93. The number of carbonyl (C=O) groups is 1. The van der Waals surface area contributed by atoms with E-state index in [-0.39, 0.29) is 11.9 Å². The van der Waals surface area contributed by atoms with Crippen LogP contribution in [-0.4, -0.2) is 72.4 Å². The first-order chi connectivity index (χ1) is 11.8. The molecule has 0 unspecified atom stereocenters. The van der Waals surface area contributed by atoms with E-state index in [1.54, 1.807) is 4.90 Å². The molecule has 1 saturated heterocycles. The van der Waals surface area contributed by atoms with E-state index in [1.165, 1.54) is 6.33 Å². The Balaban J connectivity index is 1.82. The van der Waals surface area contributed by atoms with Gasteiger partial charge < -0.3 is 14.8 Å². The van der Waals surface area contributed by atoms with Crippen molar-refractivity contribution in [3.8, 4) is 0 Å². The maximum atomic E-state index is 12.3. The molecule has 3 rings (SSSR count). The first kappa shape index (κ1) is 17.7. The zero-order chi connectivity index (χ0) is 18.2. The molecule has 0 spiro atoms. The first-order valence-corrected chi connectivity index (χ1v) is 10.3. The van der Waals surface area contributed by atoms with Crippen molar-refractivity contribution >= 4 is 32.6 Å². The molecule has 1 amide bonds. The average molecular weight is 365 g/mol. The van der Waals surface area contributed by atoms with Gasteiger partial charge in [0, 0.05) is 32.6 Å². The molecule has 0 radical (unpaired) electrons. The highest BCUT2D eigenvalue weighted by Gasteiger charge is 2.33. The lowest BCUT2D eigenvalue weighted by Crippen LogP contribution is -2.53. The van der Waals surface area contributed by atoms with Crippen LogP contribution in [0.2, 0.25) is 0 Å². The molecule has 1 aliphatic rings. The lowest BCUT2D eigenvalue weighted by atomic mass is 9.92. The summed E-state index contributed by atoms with van der Waals surface area (Å²) in [7, 11) is -1.37. The number of fused-ring (bicyclic) bond motifs is 1. The molecule has 2 aromatic rings. The first-order valence-electron chi connectivity index (χ1n) is 8.22. The normalized spacial score (nSPS) is 21.5. The second kappa shape index (κ2) is 6.62. The summed E-state index contributed by atoms with van der Waals surface area (Å²) >= 11 is 0. The van der Waals surface area contributed by atoms with E-state index in [0.717, 1.165) is 29.5 Å². The maximum absolute atomic E-state index is 12.3. The van der Waals surface area contributed by atoms with Gasteiger partial charge >= 0.3 is 0 Å². The van der Waals surface area contributed by atoms with Crippen molar-refractivity contribution < 1.29 is 13.2 Å². The number of carbonyl (C=O) groups excluding carboxylic acids is 1. The lowest BCUT2D eigenvalue weighted by molar-refractivity contribution is -0.130. The van der Waals surface area contributed by atoms with Gasteiger partial charge in [-0.1, -0.05) is 6.92 Å². The predicted molar refractivity (Wildman–Crippen MR) is 96.2 cm³/mol. The summed E-state index contributed by atoms with van der Waals surface area (Å²) in [6.07, 6.45) is 5.25. The Morgan fingerprint density at radius 2 is 2.20 bits per heavy atom. The third-order valence-electron chi connectivity index (χ3n) is 4.82. The van der Waals surface area contributed by atoms with Gasteiger partial charge in [0.25, 0.3) is 0 Å². The van der Waals surface area contributed by atoms with Crippen molar-refractivity contribution in [2.45, 2.75) is 19.4 Å². The van der Waals surface area contributed by atoms with Crippen molar-refractivity contribution in [1.29, 1.82) is 0 Å². The number of nitrogens with zero attached hydrogens (tertiary/aromatic N) is 4. The molecule has 3 heterocycles. The summed E-state index contributed by atoms with van der Waals surface area (Å²) in [5.41, 5.74) is 0.769. The minimum Gasteiger partial charge on any atom is -0.354 e. The quantitative estimate of drug-likeness (QED) is 0.855. The van der Waals surface area contributed by atoms with Crippen LogP contribution in [0.5, 0.6) is 0 Å². The molecule has 0 saturated carbocycles. The van der Waals surface area contributed by atoms with Crippen LogP contribution in [-0.2, 0) is 14.6 Å². The number of nitrogens with one attached hydrogen (secondary N) is 1. The third kappa shape index (κ3) is 3.76. The Hall–Kier alpha value is -2.16. The molecule has 25 heavy (non-hydrogen) atoms. The van der Waals surface area contributed by atoms with Gasteiger partial charge in [-0.05, 0) is 18.4 Å². The summed E-state index contributed by atoms with van der Waals surface area (Å²) in [4.78, 5) is 27.7. The Bertz CT molecular complexity index is 879. The minimum absolute atomic E-state index is 0.0604. The smallest absolute Gasteiger partial charge is 0.237 e. The molecular formula is C16H23N5O3S. The molecule has 2 aromatic heterocycles. The van der Waals surface area contributed by atoms with Crippen LogP contribution in [0, 0.1) is 5.92 Å². The number of sulfone groups is 1. The monoisotopic (exact) mass is 365 g/mol. The van der Waals surface area contributed by atoms with Crippen molar-refractivity contribution in [2.75, 3.05) is 37.0 Å². The van der Waals surface area contributed by atoms with Gasteiger partial charge in [-0.3, -0.25) is 4.79 Å². The molecule has 136 valence electrons. The van der Waals surface area contributed by atoms with Gasteiger partial charge in [0.05, 0.1) is 11.4 Å². The van der Waals surface area contributed by atoms with Crippen molar-refractivity contribution in [3.63, 3.8) is 0 Å². The maximum Gasteiger partial charge on any atom is 0.237 e. The highest BCUT2D eigenvalue weighted by molar-refractivity contribution is 7.91.